The van der Waals surface area contributed by atoms with Crippen LogP contribution in [0.3, 0.4) is 0 Å². The Balaban J connectivity index is 1.82. The molecule has 3 rings (SSSR count). The SMILES string of the molecule is CCOC(=O)COc1c(Cl)cc(/C=C2/SC(=S)N(c3cccc(F)c3)C2=O)cc1Cl. The number of anilines is 1. The quantitative estimate of drug-likeness (QED) is 0.306. The van der Waals surface area contributed by atoms with Crippen molar-refractivity contribution in [1.29, 1.82) is 0 Å². The second kappa shape index (κ2) is 9.78. The molecular formula is C20H14Cl2FNO4S2. The number of ether oxygens (including phenoxy) is 2. The molecule has 0 N–H and O–H groups in total. The molecule has 0 unspecified atom stereocenters. The van der Waals surface area contributed by atoms with Gasteiger partial charge in [-0.3, -0.25) is 9.69 Å². The van der Waals surface area contributed by atoms with Gasteiger partial charge in [-0.15, -0.1) is 0 Å². The van der Waals surface area contributed by atoms with E-state index in [0.29, 0.717) is 16.2 Å². The molecule has 0 radical (unpaired) electrons. The van der Waals surface area contributed by atoms with E-state index >= 15 is 0 Å². The van der Waals surface area contributed by atoms with E-state index < -0.39 is 11.8 Å². The Morgan fingerprint density at radius 2 is 1.97 bits per heavy atom. The first-order valence-corrected chi connectivity index (χ1v) is 10.6. The molecular weight excluding hydrogens is 472 g/mol. The molecule has 30 heavy (non-hydrogen) atoms. The Hall–Kier alpha value is -2.13. The van der Waals surface area contributed by atoms with Gasteiger partial charge in [-0.1, -0.05) is 53.2 Å². The van der Waals surface area contributed by atoms with E-state index in [2.05, 4.69) is 0 Å². The van der Waals surface area contributed by atoms with Crippen molar-refractivity contribution in [3.05, 3.63) is 62.7 Å². The van der Waals surface area contributed by atoms with Crippen LogP contribution in [0.1, 0.15) is 12.5 Å². The lowest BCUT2D eigenvalue weighted by molar-refractivity contribution is -0.145. The average Bonchev–Trinajstić information content (AvgIpc) is 2.94. The summed E-state index contributed by atoms with van der Waals surface area (Å²) in [5.74, 6) is -1.27. The van der Waals surface area contributed by atoms with Crippen molar-refractivity contribution in [2.75, 3.05) is 18.1 Å². The highest BCUT2D eigenvalue weighted by Crippen LogP contribution is 2.39. The lowest BCUT2D eigenvalue weighted by Gasteiger charge is -2.14. The summed E-state index contributed by atoms with van der Waals surface area (Å²) in [6.07, 6.45) is 1.57. The minimum atomic E-state index is -0.547. The third kappa shape index (κ3) is 5.13. The van der Waals surface area contributed by atoms with Crippen LogP contribution in [0.25, 0.3) is 6.08 Å². The number of hydrogen-bond acceptors (Lipinski definition) is 6. The van der Waals surface area contributed by atoms with Crippen LogP contribution in [-0.2, 0) is 14.3 Å². The van der Waals surface area contributed by atoms with Crippen molar-refractivity contribution < 1.29 is 23.5 Å². The third-order valence-electron chi connectivity index (χ3n) is 3.82. The molecule has 1 heterocycles. The van der Waals surface area contributed by atoms with Crippen molar-refractivity contribution in [2.45, 2.75) is 6.92 Å². The van der Waals surface area contributed by atoms with Gasteiger partial charge in [0.2, 0.25) is 0 Å². The summed E-state index contributed by atoms with van der Waals surface area (Å²) >= 11 is 18.8. The van der Waals surface area contributed by atoms with Gasteiger partial charge in [0.15, 0.2) is 16.7 Å². The largest absolute Gasteiger partial charge is 0.479 e. The molecule has 0 bridgehead atoms. The summed E-state index contributed by atoms with van der Waals surface area (Å²) in [5.41, 5.74) is 0.882. The molecule has 0 atom stereocenters. The fourth-order valence-corrected chi connectivity index (χ4v) is 4.50. The van der Waals surface area contributed by atoms with E-state index in [0.717, 1.165) is 11.8 Å². The fourth-order valence-electron chi connectivity index (χ4n) is 2.59. The lowest BCUT2D eigenvalue weighted by atomic mass is 10.2. The summed E-state index contributed by atoms with van der Waals surface area (Å²) in [6, 6.07) is 8.71. The fraction of sp³-hybridized carbons (Fsp3) is 0.150. The van der Waals surface area contributed by atoms with Crippen molar-refractivity contribution in [2.24, 2.45) is 0 Å². The first-order chi connectivity index (χ1) is 14.3. The number of amides is 1. The minimum Gasteiger partial charge on any atom is -0.479 e. The number of halogens is 3. The molecule has 0 spiro atoms. The zero-order chi connectivity index (χ0) is 21.8. The Labute approximate surface area is 191 Å². The van der Waals surface area contributed by atoms with Crippen LogP contribution >= 0.6 is 47.2 Å². The maximum atomic E-state index is 13.5. The van der Waals surface area contributed by atoms with Crippen LogP contribution in [0.15, 0.2) is 41.3 Å². The van der Waals surface area contributed by atoms with Gasteiger partial charge in [0, 0.05) is 0 Å². The molecule has 156 valence electrons. The van der Waals surface area contributed by atoms with Crippen LogP contribution in [0.4, 0.5) is 10.1 Å². The second-order valence-corrected chi connectivity index (χ2v) is 8.39. The van der Waals surface area contributed by atoms with E-state index in [-0.39, 0.29) is 39.2 Å². The van der Waals surface area contributed by atoms with Gasteiger partial charge < -0.3 is 9.47 Å². The van der Waals surface area contributed by atoms with Gasteiger partial charge in [0.1, 0.15) is 5.82 Å². The molecule has 10 heteroatoms. The zero-order valence-corrected chi connectivity index (χ0v) is 18.6. The molecule has 5 nitrogen and oxygen atoms in total. The van der Waals surface area contributed by atoms with Crippen molar-refractivity contribution in [1.82, 2.24) is 0 Å². The van der Waals surface area contributed by atoms with Crippen molar-refractivity contribution in [3.63, 3.8) is 0 Å². The number of thioether (sulfide) groups is 1. The van der Waals surface area contributed by atoms with E-state index in [1.54, 1.807) is 31.2 Å². The van der Waals surface area contributed by atoms with E-state index in [4.69, 9.17) is 44.9 Å². The Kier molecular flexibility index (Phi) is 7.36. The van der Waals surface area contributed by atoms with Gasteiger partial charge in [-0.25, -0.2) is 9.18 Å². The lowest BCUT2D eigenvalue weighted by Crippen LogP contribution is -2.27. The normalized spacial score (nSPS) is 15.1. The first kappa shape index (κ1) is 22.6. The average molecular weight is 486 g/mol. The summed E-state index contributed by atoms with van der Waals surface area (Å²) in [4.78, 5) is 25.8. The summed E-state index contributed by atoms with van der Waals surface area (Å²) < 4.78 is 23.9. The number of nitrogens with zero attached hydrogens (tertiary/aromatic N) is 1. The molecule has 1 saturated heterocycles. The predicted octanol–water partition coefficient (Wildman–Crippen LogP) is 5.48. The Bertz CT molecular complexity index is 1040. The Morgan fingerprint density at radius 1 is 1.27 bits per heavy atom. The second-order valence-electron chi connectivity index (χ2n) is 5.90. The summed E-state index contributed by atoms with van der Waals surface area (Å²) in [6.45, 7) is 1.58. The minimum absolute atomic E-state index is 0.135. The first-order valence-electron chi connectivity index (χ1n) is 8.61. The summed E-state index contributed by atoms with van der Waals surface area (Å²) in [5, 5.41) is 0.331. The van der Waals surface area contributed by atoms with Crippen LogP contribution in [0.2, 0.25) is 10.0 Å². The van der Waals surface area contributed by atoms with Gasteiger partial charge in [0.05, 0.1) is 27.2 Å². The number of carbonyl (C=O) groups excluding carboxylic acids is 2. The topological polar surface area (TPSA) is 55.8 Å². The Morgan fingerprint density at radius 3 is 2.60 bits per heavy atom. The number of benzene rings is 2. The standard InChI is InChI=1S/C20H14Cl2FNO4S2/c1-2-27-17(25)10-28-18-14(21)6-11(7-15(18)22)8-16-19(26)24(20(29)30-16)13-5-3-4-12(23)9-13/h3-9H,2,10H2,1H3/b16-8+. The number of hydrogen-bond donors (Lipinski definition) is 0. The zero-order valence-electron chi connectivity index (χ0n) is 15.5. The third-order valence-corrected chi connectivity index (χ3v) is 5.68. The molecule has 1 aliphatic heterocycles. The van der Waals surface area contributed by atoms with Crippen LogP contribution < -0.4 is 9.64 Å². The maximum absolute atomic E-state index is 13.5. The molecule has 0 aliphatic carbocycles. The highest BCUT2D eigenvalue weighted by atomic mass is 35.5. The number of rotatable bonds is 6. The number of carbonyl (C=O) groups is 2. The molecule has 0 aromatic heterocycles. The molecule has 1 aliphatic rings. The van der Waals surface area contributed by atoms with Crippen LogP contribution in [0, 0.1) is 5.82 Å². The maximum Gasteiger partial charge on any atom is 0.344 e. The van der Waals surface area contributed by atoms with Gasteiger partial charge >= 0.3 is 5.97 Å². The monoisotopic (exact) mass is 485 g/mol. The van der Waals surface area contributed by atoms with Gasteiger partial charge in [-0.05, 0) is 48.9 Å². The van der Waals surface area contributed by atoms with Crippen molar-refractivity contribution in [3.8, 4) is 5.75 Å². The highest BCUT2D eigenvalue weighted by Gasteiger charge is 2.33. The van der Waals surface area contributed by atoms with E-state index in [9.17, 15) is 14.0 Å². The highest BCUT2D eigenvalue weighted by molar-refractivity contribution is 8.27. The molecule has 0 saturated carbocycles. The summed E-state index contributed by atoms with van der Waals surface area (Å²) in [7, 11) is 0. The van der Waals surface area contributed by atoms with E-state index in [1.807, 2.05) is 0 Å². The van der Waals surface area contributed by atoms with Gasteiger partial charge in [-0.2, -0.15) is 0 Å². The molecule has 1 fully saturated rings. The smallest absolute Gasteiger partial charge is 0.344 e. The van der Waals surface area contributed by atoms with Crippen LogP contribution in [-0.4, -0.2) is 29.4 Å². The van der Waals surface area contributed by atoms with E-state index in [1.165, 1.54) is 23.1 Å². The van der Waals surface area contributed by atoms with Crippen molar-refractivity contribution >= 4 is 75.1 Å². The number of thiocarbonyl (C=S) groups is 1. The molecule has 2 aromatic rings. The molecule has 2 aromatic carbocycles. The van der Waals surface area contributed by atoms with Gasteiger partial charge in [0.25, 0.3) is 5.91 Å². The van der Waals surface area contributed by atoms with Crippen LogP contribution in [0.5, 0.6) is 5.75 Å². The number of esters is 1. The predicted molar refractivity (Wildman–Crippen MR) is 121 cm³/mol. The molecule has 1 amide bonds.